The Morgan fingerprint density at radius 3 is 2.29 bits per heavy atom. The number of hydrogen-bond acceptors (Lipinski definition) is 3. The molecule has 1 aromatic rings. The smallest absolute Gasteiger partial charge is 0.317 e. The Morgan fingerprint density at radius 1 is 0.935 bits per heavy atom. The molecule has 0 bridgehead atoms. The van der Waals surface area contributed by atoms with E-state index in [0.29, 0.717) is 32.0 Å². The van der Waals surface area contributed by atoms with Gasteiger partial charge in [0.2, 0.25) is 5.91 Å². The van der Waals surface area contributed by atoms with Crippen LogP contribution in [0.1, 0.15) is 61.7 Å². The molecule has 31 heavy (non-hydrogen) atoms. The second-order valence-electron chi connectivity index (χ2n) is 8.24. The quantitative estimate of drug-likeness (QED) is 0.641. The van der Waals surface area contributed by atoms with E-state index in [4.69, 9.17) is 0 Å². The Balaban J connectivity index is 1.32. The molecule has 2 fully saturated rings. The molecule has 3 N–H and O–H groups in total. The highest BCUT2D eigenvalue weighted by Crippen LogP contribution is 2.18. The van der Waals surface area contributed by atoms with Gasteiger partial charge in [-0.05, 0) is 37.8 Å². The van der Waals surface area contributed by atoms with Gasteiger partial charge in [-0.1, -0.05) is 19.3 Å². The summed E-state index contributed by atoms with van der Waals surface area (Å²) in [7, 11) is 0. The van der Waals surface area contributed by atoms with Gasteiger partial charge in [0.1, 0.15) is 11.6 Å². The van der Waals surface area contributed by atoms with E-state index in [9.17, 15) is 23.2 Å². The van der Waals surface area contributed by atoms with Crippen LogP contribution in [0, 0.1) is 11.6 Å². The van der Waals surface area contributed by atoms with E-state index in [-0.39, 0.29) is 42.6 Å². The van der Waals surface area contributed by atoms with E-state index in [0.717, 1.165) is 25.0 Å². The molecule has 2 aliphatic rings. The van der Waals surface area contributed by atoms with Gasteiger partial charge >= 0.3 is 6.03 Å². The molecule has 4 amide bonds. The number of halogens is 2. The predicted molar refractivity (Wildman–Crippen MR) is 111 cm³/mol. The van der Waals surface area contributed by atoms with Crippen molar-refractivity contribution in [3.05, 3.63) is 35.4 Å². The predicted octanol–water partition coefficient (Wildman–Crippen LogP) is 2.71. The largest absolute Gasteiger partial charge is 0.353 e. The number of likely N-dealkylation sites (tertiary alicyclic amines) is 1. The van der Waals surface area contributed by atoms with Gasteiger partial charge in [0, 0.05) is 44.2 Å². The fourth-order valence-corrected chi connectivity index (χ4v) is 4.10. The third-order valence-corrected chi connectivity index (χ3v) is 5.89. The third-order valence-electron chi connectivity index (χ3n) is 5.89. The molecule has 1 saturated heterocycles. The van der Waals surface area contributed by atoms with E-state index >= 15 is 0 Å². The number of piperidine rings is 1. The van der Waals surface area contributed by atoms with Crippen LogP contribution in [0.25, 0.3) is 0 Å². The fourth-order valence-electron chi connectivity index (χ4n) is 4.10. The standard InChI is InChI=1S/C22H30F2N4O3/c23-15-6-7-18(19(24)14-15)21(30)25-11-8-20(29)26-17-9-12-28(13-10-17)22(31)27-16-4-2-1-3-5-16/h6-7,14,16-17H,1-5,8-13H2,(H,25,30)(H,26,29)(H,27,31). The van der Waals surface area contributed by atoms with Crippen LogP contribution in [-0.4, -0.2) is 54.5 Å². The molecule has 1 aliphatic carbocycles. The van der Waals surface area contributed by atoms with Crippen LogP contribution in [0.3, 0.4) is 0 Å². The molecule has 7 nitrogen and oxygen atoms in total. The fraction of sp³-hybridized carbons (Fsp3) is 0.591. The topological polar surface area (TPSA) is 90.5 Å². The Kier molecular flexibility index (Phi) is 8.20. The summed E-state index contributed by atoms with van der Waals surface area (Å²) in [6.45, 7) is 1.22. The molecule has 0 spiro atoms. The van der Waals surface area contributed by atoms with Crippen LogP contribution in [0.2, 0.25) is 0 Å². The van der Waals surface area contributed by atoms with Gasteiger partial charge in [0.05, 0.1) is 5.56 Å². The summed E-state index contributed by atoms with van der Waals surface area (Å²) in [5.41, 5.74) is -0.263. The monoisotopic (exact) mass is 436 g/mol. The van der Waals surface area contributed by atoms with Gasteiger partial charge in [-0.15, -0.1) is 0 Å². The molecule has 0 radical (unpaired) electrons. The minimum Gasteiger partial charge on any atom is -0.353 e. The molecule has 1 aromatic carbocycles. The van der Waals surface area contributed by atoms with Crippen LogP contribution in [0.15, 0.2) is 18.2 Å². The average molecular weight is 437 g/mol. The molecule has 1 heterocycles. The first-order valence-electron chi connectivity index (χ1n) is 11.0. The van der Waals surface area contributed by atoms with E-state index in [1.165, 1.54) is 19.3 Å². The second kappa shape index (κ2) is 11.1. The summed E-state index contributed by atoms with van der Waals surface area (Å²) < 4.78 is 26.5. The molecular formula is C22H30F2N4O3. The Labute approximate surface area is 180 Å². The van der Waals surface area contributed by atoms with Crippen molar-refractivity contribution >= 4 is 17.8 Å². The zero-order valence-corrected chi connectivity index (χ0v) is 17.6. The SMILES string of the molecule is O=C(CCNC(=O)c1ccc(F)cc1F)NC1CCN(C(=O)NC2CCCCC2)CC1. The number of amides is 4. The van der Waals surface area contributed by atoms with Gasteiger partial charge in [-0.3, -0.25) is 9.59 Å². The highest BCUT2D eigenvalue weighted by atomic mass is 19.1. The van der Waals surface area contributed by atoms with Crippen molar-refractivity contribution in [3.63, 3.8) is 0 Å². The van der Waals surface area contributed by atoms with Crippen LogP contribution >= 0.6 is 0 Å². The van der Waals surface area contributed by atoms with Crippen molar-refractivity contribution in [2.45, 2.75) is 63.5 Å². The van der Waals surface area contributed by atoms with Crippen LogP contribution < -0.4 is 16.0 Å². The summed E-state index contributed by atoms with van der Waals surface area (Å²) >= 11 is 0. The minimum absolute atomic E-state index is 0.0172. The van der Waals surface area contributed by atoms with Gasteiger partial charge in [-0.25, -0.2) is 13.6 Å². The van der Waals surface area contributed by atoms with E-state index < -0.39 is 17.5 Å². The van der Waals surface area contributed by atoms with Gasteiger partial charge < -0.3 is 20.9 Å². The Bertz CT molecular complexity index is 791. The summed E-state index contributed by atoms with van der Waals surface area (Å²) in [5, 5.41) is 8.50. The Hall–Kier alpha value is -2.71. The van der Waals surface area contributed by atoms with Gasteiger partial charge in [-0.2, -0.15) is 0 Å². The zero-order valence-electron chi connectivity index (χ0n) is 17.6. The lowest BCUT2D eigenvalue weighted by molar-refractivity contribution is -0.121. The Morgan fingerprint density at radius 2 is 1.61 bits per heavy atom. The minimum atomic E-state index is -0.943. The highest BCUT2D eigenvalue weighted by molar-refractivity contribution is 5.94. The van der Waals surface area contributed by atoms with Crippen molar-refractivity contribution in [1.82, 2.24) is 20.9 Å². The number of benzene rings is 1. The first-order valence-corrected chi connectivity index (χ1v) is 11.0. The lowest BCUT2D eigenvalue weighted by atomic mass is 9.95. The van der Waals surface area contributed by atoms with Crippen molar-refractivity contribution in [2.75, 3.05) is 19.6 Å². The molecule has 3 rings (SSSR count). The van der Waals surface area contributed by atoms with E-state index in [1.807, 2.05) is 0 Å². The molecule has 0 unspecified atom stereocenters. The van der Waals surface area contributed by atoms with Crippen molar-refractivity contribution < 1.29 is 23.2 Å². The summed E-state index contributed by atoms with van der Waals surface area (Å²) in [6.07, 6.45) is 7.07. The lowest BCUT2D eigenvalue weighted by Gasteiger charge is -2.34. The second-order valence-corrected chi connectivity index (χ2v) is 8.24. The number of hydrogen-bond donors (Lipinski definition) is 3. The maximum Gasteiger partial charge on any atom is 0.317 e. The van der Waals surface area contributed by atoms with Crippen LogP contribution in [0.4, 0.5) is 13.6 Å². The number of rotatable bonds is 6. The summed E-state index contributed by atoms with van der Waals surface area (Å²) in [5.74, 6) is -2.61. The molecule has 0 atom stereocenters. The number of carbonyl (C=O) groups excluding carboxylic acids is 3. The molecular weight excluding hydrogens is 406 g/mol. The first-order chi connectivity index (χ1) is 14.9. The maximum absolute atomic E-state index is 13.6. The van der Waals surface area contributed by atoms with Crippen molar-refractivity contribution in [2.24, 2.45) is 0 Å². The van der Waals surface area contributed by atoms with Crippen molar-refractivity contribution in [3.8, 4) is 0 Å². The molecule has 170 valence electrons. The summed E-state index contributed by atoms with van der Waals surface area (Å²) in [4.78, 5) is 38.3. The normalized spacial score (nSPS) is 17.8. The average Bonchev–Trinajstić information content (AvgIpc) is 2.75. The number of urea groups is 1. The summed E-state index contributed by atoms with van der Waals surface area (Å²) in [6, 6.07) is 2.95. The molecule has 9 heteroatoms. The van der Waals surface area contributed by atoms with E-state index in [1.54, 1.807) is 4.90 Å². The van der Waals surface area contributed by atoms with E-state index in [2.05, 4.69) is 16.0 Å². The van der Waals surface area contributed by atoms with Gasteiger partial charge in [0.15, 0.2) is 0 Å². The van der Waals surface area contributed by atoms with Gasteiger partial charge in [0.25, 0.3) is 5.91 Å². The maximum atomic E-state index is 13.6. The molecule has 1 aliphatic heterocycles. The highest BCUT2D eigenvalue weighted by Gasteiger charge is 2.25. The number of nitrogens with zero attached hydrogens (tertiary/aromatic N) is 1. The molecule has 1 saturated carbocycles. The number of nitrogens with one attached hydrogen (secondary N) is 3. The van der Waals surface area contributed by atoms with Crippen LogP contribution in [0.5, 0.6) is 0 Å². The number of carbonyl (C=O) groups is 3. The van der Waals surface area contributed by atoms with Crippen molar-refractivity contribution in [1.29, 1.82) is 0 Å². The third kappa shape index (κ3) is 6.90. The lowest BCUT2D eigenvalue weighted by Crippen LogP contribution is -2.51. The first kappa shape index (κ1) is 23.0. The van der Waals surface area contributed by atoms with Crippen LogP contribution in [-0.2, 0) is 4.79 Å². The molecule has 0 aromatic heterocycles. The zero-order chi connectivity index (χ0) is 22.2.